The van der Waals surface area contributed by atoms with E-state index in [1.165, 1.54) is 22.9 Å². The number of nitriles is 1. The standard InChI is InChI=1S/C22H18FN5O5/c1-12-5-16(3-4-25-12)33-20-15(9-24)6-14(7-17(20)23)11-32-18-8-19-27(21(29)26-18)10-13(2)28(19)22(30)31/h3-8,13H,10-11H2,1-2H3,(H,30,31). The minimum absolute atomic E-state index is 0.0454. The zero-order valence-corrected chi connectivity index (χ0v) is 17.6. The van der Waals surface area contributed by atoms with Crippen LogP contribution in [-0.2, 0) is 13.2 Å². The summed E-state index contributed by atoms with van der Waals surface area (Å²) in [6.45, 7) is 3.40. The normalized spacial score (nSPS) is 14.5. The van der Waals surface area contributed by atoms with Crippen molar-refractivity contribution in [2.24, 2.45) is 0 Å². The van der Waals surface area contributed by atoms with Gasteiger partial charge in [0.1, 0.15) is 24.2 Å². The number of ether oxygens (including phenoxy) is 2. The molecule has 0 bridgehead atoms. The van der Waals surface area contributed by atoms with Gasteiger partial charge in [-0.3, -0.25) is 14.5 Å². The summed E-state index contributed by atoms with van der Waals surface area (Å²) in [6, 6.07) is 8.51. The van der Waals surface area contributed by atoms with Gasteiger partial charge in [0.05, 0.1) is 11.6 Å². The molecule has 1 unspecified atom stereocenters. The minimum atomic E-state index is -1.20. The number of aromatic nitrogens is 3. The van der Waals surface area contributed by atoms with Gasteiger partial charge in [0.25, 0.3) is 0 Å². The molecule has 0 saturated heterocycles. The number of pyridine rings is 1. The van der Waals surface area contributed by atoms with Crippen LogP contribution in [0.3, 0.4) is 0 Å². The van der Waals surface area contributed by atoms with E-state index in [2.05, 4.69) is 9.97 Å². The van der Waals surface area contributed by atoms with Gasteiger partial charge in [0.15, 0.2) is 11.6 Å². The van der Waals surface area contributed by atoms with Crippen molar-refractivity contribution >= 4 is 11.9 Å². The van der Waals surface area contributed by atoms with Gasteiger partial charge in [-0.2, -0.15) is 10.2 Å². The summed E-state index contributed by atoms with van der Waals surface area (Å²) in [5.41, 5.74) is 0.271. The molecule has 0 aliphatic carbocycles. The van der Waals surface area contributed by atoms with Crippen LogP contribution in [0.15, 0.2) is 41.3 Å². The maximum atomic E-state index is 14.7. The Hall–Kier alpha value is -4.46. The molecule has 11 heteroatoms. The number of benzene rings is 1. The molecule has 1 aliphatic heterocycles. The molecule has 0 fully saturated rings. The summed E-state index contributed by atoms with van der Waals surface area (Å²) in [4.78, 5) is 32.7. The first-order chi connectivity index (χ1) is 15.8. The van der Waals surface area contributed by atoms with Crippen molar-refractivity contribution in [1.29, 1.82) is 5.26 Å². The second kappa shape index (κ2) is 8.58. The number of rotatable bonds is 5. The molecule has 33 heavy (non-hydrogen) atoms. The molecule has 3 aromatic rings. The monoisotopic (exact) mass is 451 g/mol. The van der Waals surface area contributed by atoms with Gasteiger partial charge in [-0.25, -0.2) is 14.0 Å². The fraction of sp³-hybridized carbons (Fsp3) is 0.227. The molecule has 0 spiro atoms. The molecule has 2 aromatic heterocycles. The molecular formula is C22H18FN5O5. The molecular weight excluding hydrogens is 433 g/mol. The Morgan fingerprint density at radius 3 is 2.85 bits per heavy atom. The highest BCUT2D eigenvalue weighted by Gasteiger charge is 2.32. The number of fused-ring (bicyclic) bond motifs is 1. The lowest BCUT2D eigenvalue weighted by Gasteiger charge is -2.17. The van der Waals surface area contributed by atoms with Crippen molar-refractivity contribution in [2.75, 3.05) is 4.90 Å². The fourth-order valence-corrected chi connectivity index (χ4v) is 3.55. The first-order valence-electron chi connectivity index (χ1n) is 9.86. The number of halogens is 1. The van der Waals surface area contributed by atoms with Gasteiger partial charge < -0.3 is 14.6 Å². The SMILES string of the molecule is Cc1cc(Oc2c(F)cc(COc3cc4n(c(=O)n3)CC(C)N4C(=O)O)cc2C#N)ccn1. The molecule has 1 atom stereocenters. The van der Waals surface area contributed by atoms with Crippen molar-refractivity contribution < 1.29 is 23.8 Å². The molecule has 1 aromatic carbocycles. The summed E-state index contributed by atoms with van der Waals surface area (Å²) >= 11 is 0. The van der Waals surface area contributed by atoms with Crippen LogP contribution in [0.1, 0.15) is 23.7 Å². The van der Waals surface area contributed by atoms with Crippen LogP contribution < -0.4 is 20.1 Å². The summed E-state index contributed by atoms with van der Waals surface area (Å²) in [7, 11) is 0. The van der Waals surface area contributed by atoms with Crippen LogP contribution in [0.2, 0.25) is 0 Å². The second-order valence-corrected chi connectivity index (χ2v) is 7.44. The number of anilines is 1. The Morgan fingerprint density at radius 2 is 2.15 bits per heavy atom. The maximum absolute atomic E-state index is 14.7. The molecule has 1 amide bonds. The Kier molecular flexibility index (Phi) is 5.66. The Bertz CT molecular complexity index is 1350. The van der Waals surface area contributed by atoms with Crippen molar-refractivity contribution in [1.82, 2.24) is 14.5 Å². The van der Waals surface area contributed by atoms with E-state index in [0.717, 1.165) is 11.0 Å². The van der Waals surface area contributed by atoms with Gasteiger partial charge in [-0.1, -0.05) is 0 Å². The summed E-state index contributed by atoms with van der Waals surface area (Å²) in [5, 5.41) is 18.9. The van der Waals surface area contributed by atoms with E-state index < -0.39 is 23.6 Å². The van der Waals surface area contributed by atoms with E-state index in [-0.39, 0.29) is 36.2 Å². The number of nitrogens with zero attached hydrogens (tertiary/aromatic N) is 5. The predicted octanol–water partition coefficient (Wildman–Crippen LogP) is 3.22. The number of hydrogen-bond acceptors (Lipinski definition) is 7. The van der Waals surface area contributed by atoms with E-state index in [1.807, 2.05) is 6.07 Å². The van der Waals surface area contributed by atoms with Crippen molar-refractivity contribution in [3.63, 3.8) is 0 Å². The second-order valence-electron chi connectivity index (χ2n) is 7.44. The number of carboxylic acid groups (broad SMARTS) is 1. The molecule has 4 rings (SSSR count). The molecule has 10 nitrogen and oxygen atoms in total. The third-order valence-corrected chi connectivity index (χ3v) is 5.00. The summed E-state index contributed by atoms with van der Waals surface area (Å²) in [6.07, 6.45) is 0.306. The fourth-order valence-electron chi connectivity index (χ4n) is 3.55. The molecule has 3 heterocycles. The van der Waals surface area contributed by atoms with E-state index >= 15 is 0 Å². The number of carbonyl (C=O) groups is 1. The zero-order valence-electron chi connectivity index (χ0n) is 17.6. The quantitative estimate of drug-likeness (QED) is 0.626. The van der Waals surface area contributed by atoms with Crippen molar-refractivity contribution in [2.45, 2.75) is 33.0 Å². The highest BCUT2D eigenvalue weighted by atomic mass is 19.1. The van der Waals surface area contributed by atoms with E-state index in [4.69, 9.17) is 9.47 Å². The zero-order chi connectivity index (χ0) is 23.7. The van der Waals surface area contributed by atoms with Gasteiger partial charge in [0.2, 0.25) is 5.88 Å². The molecule has 0 saturated carbocycles. The predicted molar refractivity (Wildman–Crippen MR) is 113 cm³/mol. The van der Waals surface area contributed by atoms with Crippen LogP contribution in [0.4, 0.5) is 15.0 Å². The largest absolute Gasteiger partial charge is 0.473 e. The van der Waals surface area contributed by atoms with Crippen LogP contribution in [-0.4, -0.2) is 31.8 Å². The van der Waals surface area contributed by atoms with Crippen LogP contribution in [0.5, 0.6) is 17.4 Å². The lowest BCUT2D eigenvalue weighted by Crippen LogP contribution is -2.34. The van der Waals surface area contributed by atoms with Crippen LogP contribution in [0, 0.1) is 24.1 Å². The topological polar surface area (TPSA) is 131 Å². The number of hydrogen-bond donors (Lipinski definition) is 1. The van der Waals surface area contributed by atoms with Gasteiger partial charge in [0, 0.05) is 30.6 Å². The number of aryl methyl sites for hydroxylation is 1. The minimum Gasteiger partial charge on any atom is -0.473 e. The third kappa shape index (κ3) is 4.31. The highest BCUT2D eigenvalue weighted by molar-refractivity contribution is 5.86. The molecule has 1 N–H and O–H groups in total. The third-order valence-electron chi connectivity index (χ3n) is 5.00. The Balaban J connectivity index is 1.57. The first kappa shape index (κ1) is 21.8. The summed E-state index contributed by atoms with van der Waals surface area (Å²) < 4.78 is 27.1. The van der Waals surface area contributed by atoms with E-state index in [9.17, 15) is 24.3 Å². The summed E-state index contributed by atoms with van der Waals surface area (Å²) in [5.74, 6) is -0.632. The van der Waals surface area contributed by atoms with Crippen molar-refractivity contribution in [3.8, 4) is 23.4 Å². The smallest absolute Gasteiger partial charge is 0.413 e. The average molecular weight is 451 g/mol. The van der Waals surface area contributed by atoms with Gasteiger partial charge >= 0.3 is 11.8 Å². The Labute approximate surface area is 187 Å². The molecule has 0 radical (unpaired) electrons. The van der Waals surface area contributed by atoms with Crippen LogP contribution >= 0.6 is 0 Å². The van der Waals surface area contributed by atoms with Crippen LogP contribution in [0.25, 0.3) is 0 Å². The van der Waals surface area contributed by atoms with Gasteiger partial charge in [-0.05, 0) is 37.6 Å². The molecule has 168 valence electrons. The first-order valence-corrected chi connectivity index (χ1v) is 9.86. The van der Waals surface area contributed by atoms with Crippen molar-refractivity contribution in [3.05, 3.63) is 69.7 Å². The highest BCUT2D eigenvalue weighted by Crippen LogP contribution is 2.30. The Morgan fingerprint density at radius 1 is 1.36 bits per heavy atom. The lowest BCUT2D eigenvalue weighted by molar-refractivity contribution is 0.200. The number of amides is 1. The molecule has 1 aliphatic rings. The van der Waals surface area contributed by atoms with E-state index in [0.29, 0.717) is 17.0 Å². The average Bonchev–Trinajstić information content (AvgIpc) is 3.10. The lowest BCUT2D eigenvalue weighted by atomic mass is 10.1. The van der Waals surface area contributed by atoms with Gasteiger partial charge in [-0.15, -0.1) is 0 Å². The maximum Gasteiger partial charge on any atom is 0.413 e. The van der Waals surface area contributed by atoms with E-state index in [1.54, 1.807) is 26.0 Å².